The Labute approximate surface area is 166 Å². The van der Waals surface area contributed by atoms with Gasteiger partial charge in [-0.1, -0.05) is 5.16 Å². The van der Waals surface area contributed by atoms with Crippen molar-refractivity contribution in [2.24, 2.45) is 0 Å². The van der Waals surface area contributed by atoms with Crippen molar-refractivity contribution in [2.45, 2.75) is 31.1 Å². The second-order valence-corrected chi connectivity index (χ2v) is 7.31. The minimum absolute atomic E-state index is 0.130. The van der Waals surface area contributed by atoms with E-state index in [1.54, 1.807) is 6.07 Å². The third-order valence-electron chi connectivity index (χ3n) is 5.13. The first-order valence-corrected chi connectivity index (χ1v) is 9.43. The summed E-state index contributed by atoms with van der Waals surface area (Å²) in [5, 5.41) is 17.1. The van der Waals surface area contributed by atoms with Gasteiger partial charge >= 0.3 is 5.88 Å². The molecule has 29 heavy (non-hydrogen) atoms. The Bertz CT molecular complexity index is 852. The maximum atomic E-state index is 12.0. The molecule has 11 heteroatoms. The molecule has 2 saturated heterocycles. The van der Waals surface area contributed by atoms with Gasteiger partial charge in [-0.3, -0.25) is 19.8 Å². The highest BCUT2D eigenvalue weighted by Crippen LogP contribution is 2.33. The van der Waals surface area contributed by atoms with Crippen LogP contribution in [0.4, 0.5) is 5.88 Å². The molecule has 2 aromatic rings. The summed E-state index contributed by atoms with van der Waals surface area (Å²) < 4.78 is 22.2. The first-order chi connectivity index (χ1) is 14.0. The van der Waals surface area contributed by atoms with Gasteiger partial charge in [-0.15, -0.1) is 0 Å². The van der Waals surface area contributed by atoms with Crippen LogP contribution in [0, 0.1) is 10.1 Å². The Balaban J connectivity index is 1.33. The Morgan fingerprint density at radius 3 is 3.07 bits per heavy atom. The molecule has 2 aliphatic rings. The fourth-order valence-corrected chi connectivity index (χ4v) is 3.78. The number of carbonyl (C=O) groups is 1. The zero-order valence-electron chi connectivity index (χ0n) is 15.7. The van der Waals surface area contributed by atoms with Crippen molar-refractivity contribution >= 4 is 11.8 Å². The minimum atomic E-state index is -0.547. The molecule has 11 nitrogen and oxygen atoms in total. The van der Waals surface area contributed by atoms with Crippen LogP contribution in [0.3, 0.4) is 0 Å². The van der Waals surface area contributed by atoms with E-state index >= 15 is 0 Å². The van der Waals surface area contributed by atoms with E-state index in [2.05, 4.69) is 15.4 Å². The Kier molecular flexibility index (Phi) is 5.60. The van der Waals surface area contributed by atoms with Crippen LogP contribution in [0.1, 0.15) is 29.2 Å². The van der Waals surface area contributed by atoms with E-state index in [4.69, 9.17) is 18.4 Å². The van der Waals surface area contributed by atoms with E-state index in [9.17, 15) is 14.9 Å². The first-order valence-electron chi connectivity index (χ1n) is 9.43. The Morgan fingerprint density at radius 2 is 2.31 bits per heavy atom. The lowest BCUT2D eigenvalue weighted by Crippen LogP contribution is -2.45. The van der Waals surface area contributed by atoms with Gasteiger partial charge in [0.15, 0.2) is 0 Å². The summed E-state index contributed by atoms with van der Waals surface area (Å²) in [6, 6.07) is 4.48. The number of hydrogen-bond donors (Lipinski definition) is 1. The van der Waals surface area contributed by atoms with Gasteiger partial charge in [0.2, 0.25) is 5.76 Å². The average molecular weight is 406 g/mol. The van der Waals surface area contributed by atoms with Crippen molar-refractivity contribution in [3.05, 3.63) is 46.0 Å². The molecular formula is C18H22N4O7. The van der Waals surface area contributed by atoms with E-state index in [-0.39, 0.29) is 23.7 Å². The van der Waals surface area contributed by atoms with Gasteiger partial charge in [0.1, 0.15) is 16.3 Å². The zero-order valence-corrected chi connectivity index (χ0v) is 15.7. The van der Waals surface area contributed by atoms with Crippen molar-refractivity contribution < 1.29 is 28.1 Å². The number of aromatic nitrogens is 1. The van der Waals surface area contributed by atoms with Gasteiger partial charge in [0.25, 0.3) is 5.91 Å². The quantitative estimate of drug-likeness (QED) is 0.557. The van der Waals surface area contributed by atoms with Crippen molar-refractivity contribution in [1.29, 1.82) is 0 Å². The molecule has 0 aliphatic carbocycles. The molecule has 2 aliphatic heterocycles. The smallest absolute Gasteiger partial charge is 0.404 e. The molecule has 2 aromatic heterocycles. The largest absolute Gasteiger partial charge is 0.433 e. The number of rotatable bonds is 6. The highest BCUT2D eigenvalue weighted by molar-refractivity contribution is 5.91. The fraction of sp³-hybridized carbons (Fsp3) is 0.556. The van der Waals surface area contributed by atoms with Crippen LogP contribution in [0.5, 0.6) is 0 Å². The lowest BCUT2D eigenvalue weighted by molar-refractivity contribution is -0.402. The summed E-state index contributed by atoms with van der Waals surface area (Å²) in [5.41, 5.74) is -0.476. The third-order valence-corrected chi connectivity index (χ3v) is 5.13. The minimum Gasteiger partial charge on any atom is -0.404 e. The number of hydrogen-bond acceptors (Lipinski definition) is 9. The van der Waals surface area contributed by atoms with E-state index < -0.39 is 10.5 Å². The van der Waals surface area contributed by atoms with Gasteiger partial charge < -0.3 is 23.7 Å². The summed E-state index contributed by atoms with van der Waals surface area (Å²) >= 11 is 0. The number of nitrogens with one attached hydrogen (secondary N) is 1. The molecule has 2 atom stereocenters. The monoisotopic (exact) mass is 406 g/mol. The van der Waals surface area contributed by atoms with Crippen LogP contribution in [0.25, 0.3) is 0 Å². The van der Waals surface area contributed by atoms with E-state index in [1.165, 1.54) is 18.3 Å². The van der Waals surface area contributed by atoms with Crippen LogP contribution in [0.15, 0.2) is 33.3 Å². The molecule has 1 N–H and O–H groups in total. The van der Waals surface area contributed by atoms with Gasteiger partial charge in [0.05, 0.1) is 38.1 Å². The number of ether oxygens (including phenoxy) is 2. The molecule has 156 valence electrons. The SMILES string of the molecule is O=C(NC[C@@H]1CC[C@@]2(COCCN(Cc3ccc([N+](=O)[O-])o3)C2)O1)c1ccno1. The van der Waals surface area contributed by atoms with Crippen LogP contribution < -0.4 is 5.32 Å². The third kappa shape index (κ3) is 4.63. The van der Waals surface area contributed by atoms with Crippen molar-refractivity contribution in [2.75, 3.05) is 32.8 Å². The second-order valence-electron chi connectivity index (χ2n) is 7.31. The molecule has 0 unspecified atom stereocenters. The molecule has 4 rings (SSSR count). The lowest BCUT2D eigenvalue weighted by Gasteiger charge is -2.31. The van der Waals surface area contributed by atoms with Crippen LogP contribution in [-0.2, 0) is 16.0 Å². The van der Waals surface area contributed by atoms with Crippen LogP contribution in [-0.4, -0.2) is 65.4 Å². The van der Waals surface area contributed by atoms with Gasteiger partial charge in [-0.05, 0) is 18.9 Å². The van der Waals surface area contributed by atoms with Crippen LogP contribution in [0.2, 0.25) is 0 Å². The number of furan rings is 1. The van der Waals surface area contributed by atoms with E-state index in [0.717, 1.165) is 12.8 Å². The second kappa shape index (κ2) is 8.31. The highest BCUT2D eigenvalue weighted by atomic mass is 16.6. The first kappa shape index (κ1) is 19.6. The van der Waals surface area contributed by atoms with Crippen LogP contribution >= 0.6 is 0 Å². The van der Waals surface area contributed by atoms with Gasteiger partial charge in [-0.25, -0.2) is 0 Å². The van der Waals surface area contributed by atoms with Crippen molar-refractivity contribution in [3.8, 4) is 0 Å². The summed E-state index contributed by atoms with van der Waals surface area (Å²) in [6.07, 6.45) is 2.88. The molecule has 4 heterocycles. The normalized spacial score (nSPS) is 25.2. The molecule has 0 saturated carbocycles. The summed E-state index contributed by atoms with van der Waals surface area (Å²) in [4.78, 5) is 24.4. The molecule has 0 radical (unpaired) electrons. The molecule has 1 amide bonds. The highest BCUT2D eigenvalue weighted by Gasteiger charge is 2.43. The maximum absolute atomic E-state index is 12.0. The summed E-state index contributed by atoms with van der Waals surface area (Å²) in [6.45, 7) is 3.11. The fourth-order valence-electron chi connectivity index (χ4n) is 3.78. The maximum Gasteiger partial charge on any atom is 0.433 e. The molecular weight excluding hydrogens is 384 g/mol. The topological polar surface area (TPSA) is 133 Å². The predicted molar refractivity (Wildman–Crippen MR) is 97.1 cm³/mol. The summed E-state index contributed by atoms with van der Waals surface area (Å²) in [7, 11) is 0. The van der Waals surface area contributed by atoms with Crippen molar-refractivity contribution in [1.82, 2.24) is 15.4 Å². The number of amides is 1. The van der Waals surface area contributed by atoms with Gasteiger partial charge in [-0.2, -0.15) is 0 Å². The molecule has 1 spiro atoms. The van der Waals surface area contributed by atoms with Crippen molar-refractivity contribution in [3.63, 3.8) is 0 Å². The molecule has 0 bridgehead atoms. The average Bonchev–Trinajstić information content (AvgIpc) is 3.42. The lowest BCUT2D eigenvalue weighted by atomic mass is 10.00. The zero-order chi connectivity index (χ0) is 20.3. The summed E-state index contributed by atoms with van der Waals surface area (Å²) in [5.74, 6) is 0.0996. The molecule has 2 fully saturated rings. The Hall–Kier alpha value is -2.76. The van der Waals surface area contributed by atoms with Gasteiger partial charge in [0, 0.05) is 25.7 Å². The Morgan fingerprint density at radius 1 is 1.41 bits per heavy atom. The van der Waals surface area contributed by atoms with E-state index in [1.807, 2.05) is 0 Å². The van der Waals surface area contributed by atoms with E-state index in [0.29, 0.717) is 45.2 Å². The standard InChI is InChI=1S/C18H22N4O7/c23-17(15-4-6-20-29-15)19-9-13-3-5-18(28-13)11-21(7-8-26-12-18)10-14-1-2-16(27-14)22(24)25/h1-2,4,6,13H,3,5,7-12H2,(H,19,23)/t13-,18+/m0/s1. The molecule has 0 aromatic carbocycles. The number of carbonyl (C=O) groups excluding carboxylic acids is 1. The number of nitrogens with zero attached hydrogens (tertiary/aromatic N) is 3. The number of nitro groups is 1. The predicted octanol–water partition coefficient (Wildman–Crippen LogP) is 1.36.